The molecular weight excluding hydrogens is 300 g/mol. The van der Waals surface area contributed by atoms with E-state index in [1.165, 1.54) is 0 Å². The van der Waals surface area contributed by atoms with Crippen molar-refractivity contribution in [2.45, 2.75) is 18.9 Å². The highest BCUT2D eigenvalue weighted by molar-refractivity contribution is 6.30. The largest absolute Gasteiger partial charge is 0.472 e. The molecule has 0 N–H and O–H groups in total. The van der Waals surface area contributed by atoms with Gasteiger partial charge in [0.15, 0.2) is 0 Å². The summed E-state index contributed by atoms with van der Waals surface area (Å²) in [7, 11) is 0. The maximum atomic E-state index is 12.3. The van der Waals surface area contributed by atoms with Gasteiger partial charge < -0.3 is 9.64 Å². The predicted octanol–water partition coefficient (Wildman–Crippen LogP) is 2.96. The molecule has 22 heavy (non-hydrogen) atoms. The second-order valence-corrected chi connectivity index (χ2v) is 5.78. The molecule has 1 fully saturated rings. The molecule has 0 aliphatic carbocycles. The zero-order chi connectivity index (χ0) is 15.4. The molecule has 1 saturated heterocycles. The van der Waals surface area contributed by atoms with Gasteiger partial charge in [0.1, 0.15) is 6.10 Å². The maximum Gasteiger partial charge on any atom is 0.227 e. The van der Waals surface area contributed by atoms with Crippen molar-refractivity contribution in [3.05, 3.63) is 59.2 Å². The standard InChI is InChI=1S/C17H17ClN2O2/c18-14-6-4-13(5-7-14)11-17(21)20-10-8-15(12-20)22-16-3-1-2-9-19-16/h1-7,9,15H,8,10-12H2. The first-order valence-corrected chi connectivity index (χ1v) is 7.68. The van der Waals surface area contributed by atoms with E-state index in [0.717, 1.165) is 18.5 Å². The molecule has 5 heteroatoms. The monoisotopic (exact) mass is 316 g/mol. The average molecular weight is 317 g/mol. The first-order chi connectivity index (χ1) is 10.7. The Morgan fingerprint density at radius 3 is 2.82 bits per heavy atom. The smallest absolute Gasteiger partial charge is 0.227 e. The first kappa shape index (κ1) is 14.9. The minimum absolute atomic E-state index is 0.0177. The molecule has 1 atom stereocenters. The predicted molar refractivity (Wildman–Crippen MR) is 85.0 cm³/mol. The van der Waals surface area contributed by atoms with Crippen LogP contribution in [-0.4, -0.2) is 35.0 Å². The number of amides is 1. The van der Waals surface area contributed by atoms with E-state index in [1.807, 2.05) is 35.2 Å². The van der Waals surface area contributed by atoms with Gasteiger partial charge in [0.05, 0.1) is 13.0 Å². The number of pyridine rings is 1. The van der Waals surface area contributed by atoms with Crippen molar-refractivity contribution < 1.29 is 9.53 Å². The molecule has 0 bridgehead atoms. The lowest BCUT2D eigenvalue weighted by Crippen LogP contribution is -2.32. The number of ether oxygens (including phenoxy) is 1. The Labute approximate surface area is 134 Å². The van der Waals surface area contributed by atoms with Crippen LogP contribution in [0.1, 0.15) is 12.0 Å². The average Bonchev–Trinajstić information content (AvgIpc) is 2.99. The minimum atomic E-state index is 0.0177. The fraction of sp³-hybridized carbons (Fsp3) is 0.294. The van der Waals surface area contributed by atoms with Crippen LogP contribution in [0.25, 0.3) is 0 Å². The number of hydrogen-bond donors (Lipinski definition) is 0. The van der Waals surface area contributed by atoms with Crippen LogP contribution in [0.3, 0.4) is 0 Å². The fourth-order valence-corrected chi connectivity index (χ4v) is 2.65. The van der Waals surface area contributed by atoms with Gasteiger partial charge in [0, 0.05) is 30.3 Å². The second-order valence-electron chi connectivity index (χ2n) is 5.34. The number of likely N-dealkylation sites (tertiary alicyclic amines) is 1. The number of rotatable bonds is 4. The topological polar surface area (TPSA) is 42.4 Å². The highest BCUT2D eigenvalue weighted by atomic mass is 35.5. The second kappa shape index (κ2) is 6.79. The van der Waals surface area contributed by atoms with Crippen molar-refractivity contribution >= 4 is 17.5 Å². The summed E-state index contributed by atoms with van der Waals surface area (Å²) in [5.74, 6) is 0.731. The van der Waals surface area contributed by atoms with Gasteiger partial charge in [-0.25, -0.2) is 4.98 Å². The number of nitrogens with zero attached hydrogens (tertiary/aromatic N) is 2. The molecule has 0 spiro atoms. The summed E-state index contributed by atoms with van der Waals surface area (Å²) in [6.45, 7) is 1.34. The number of carbonyl (C=O) groups excluding carboxylic acids is 1. The van der Waals surface area contributed by atoms with Crippen molar-refractivity contribution in [1.29, 1.82) is 0 Å². The summed E-state index contributed by atoms with van der Waals surface area (Å²) in [4.78, 5) is 18.3. The number of carbonyl (C=O) groups is 1. The van der Waals surface area contributed by atoms with Crippen molar-refractivity contribution in [2.24, 2.45) is 0 Å². The van der Waals surface area contributed by atoms with E-state index in [9.17, 15) is 4.79 Å². The zero-order valence-electron chi connectivity index (χ0n) is 12.1. The Morgan fingerprint density at radius 1 is 1.27 bits per heavy atom. The lowest BCUT2D eigenvalue weighted by Gasteiger charge is -2.17. The Balaban J connectivity index is 1.53. The first-order valence-electron chi connectivity index (χ1n) is 7.30. The fourth-order valence-electron chi connectivity index (χ4n) is 2.53. The van der Waals surface area contributed by atoms with Gasteiger partial charge in [0.25, 0.3) is 0 Å². The normalized spacial score (nSPS) is 17.5. The molecule has 2 heterocycles. The zero-order valence-corrected chi connectivity index (χ0v) is 12.9. The number of benzene rings is 1. The van der Waals surface area contributed by atoms with Gasteiger partial charge in [0.2, 0.25) is 11.8 Å². The van der Waals surface area contributed by atoms with E-state index in [4.69, 9.17) is 16.3 Å². The van der Waals surface area contributed by atoms with Crippen LogP contribution in [0.5, 0.6) is 5.88 Å². The number of hydrogen-bond acceptors (Lipinski definition) is 3. The SMILES string of the molecule is O=C(Cc1ccc(Cl)cc1)N1CCC(Oc2ccccn2)C1. The molecule has 0 saturated carbocycles. The van der Waals surface area contributed by atoms with Crippen molar-refractivity contribution in [2.75, 3.05) is 13.1 Å². The van der Waals surface area contributed by atoms with Gasteiger partial charge in [-0.05, 0) is 23.8 Å². The highest BCUT2D eigenvalue weighted by Gasteiger charge is 2.27. The number of halogens is 1. The van der Waals surface area contributed by atoms with Crippen LogP contribution in [0.15, 0.2) is 48.7 Å². The molecule has 114 valence electrons. The van der Waals surface area contributed by atoms with Crippen LogP contribution >= 0.6 is 11.6 Å². The molecule has 4 nitrogen and oxygen atoms in total. The summed E-state index contributed by atoms with van der Waals surface area (Å²) in [6, 6.07) is 13.0. The Kier molecular flexibility index (Phi) is 4.59. The molecule has 3 rings (SSSR count). The number of aromatic nitrogens is 1. The Hall–Kier alpha value is -2.07. The van der Waals surface area contributed by atoms with E-state index in [0.29, 0.717) is 23.9 Å². The Bertz CT molecular complexity index is 631. The van der Waals surface area contributed by atoms with Crippen LogP contribution in [0.4, 0.5) is 0 Å². The van der Waals surface area contributed by atoms with Crippen LogP contribution in [0.2, 0.25) is 5.02 Å². The molecule has 1 unspecified atom stereocenters. The lowest BCUT2D eigenvalue weighted by molar-refractivity contribution is -0.129. The van der Waals surface area contributed by atoms with Gasteiger partial charge in [-0.1, -0.05) is 29.8 Å². The van der Waals surface area contributed by atoms with Crippen LogP contribution in [-0.2, 0) is 11.2 Å². The van der Waals surface area contributed by atoms with Gasteiger partial charge >= 0.3 is 0 Å². The molecule has 2 aromatic rings. The summed E-state index contributed by atoms with van der Waals surface area (Å²) >= 11 is 5.85. The third kappa shape index (κ3) is 3.77. The maximum absolute atomic E-state index is 12.3. The van der Waals surface area contributed by atoms with Gasteiger partial charge in [-0.2, -0.15) is 0 Å². The molecule has 1 aliphatic rings. The Morgan fingerprint density at radius 2 is 2.09 bits per heavy atom. The summed E-state index contributed by atoms with van der Waals surface area (Å²) in [5, 5.41) is 0.682. The third-order valence-electron chi connectivity index (χ3n) is 3.69. The van der Waals surface area contributed by atoms with Gasteiger partial charge in [-0.15, -0.1) is 0 Å². The summed E-state index contributed by atoms with van der Waals surface area (Å²) in [6.07, 6.45) is 2.95. The molecule has 1 aromatic heterocycles. The molecule has 1 aromatic carbocycles. The highest BCUT2D eigenvalue weighted by Crippen LogP contribution is 2.18. The van der Waals surface area contributed by atoms with Crippen molar-refractivity contribution in [3.8, 4) is 5.88 Å². The quantitative estimate of drug-likeness (QED) is 0.871. The molecule has 1 amide bonds. The van der Waals surface area contributed by atoms with E-state index in [2.05, 4.69) is 4.98 Å². The van der Waals surface area contributed by atoms with Crippen molar-refractivity contribution in [1.82, 2.24) is 9.88 Å². The summed E-state index contributed by atoms with van der Waals surface area (Å²) in [5.41, 5.74) is 0.975. The minimum Gasteiger partial charge on any atom is -0.472 e. The third-order valence-corrected chi connectivity index (χ3v) is 3.94. The molecular formula is C17H17ClN2O2. The van der Waals surface area contributed by atoms with Crippen LogP contribution in [0, 0.1) is 0 Å². The lowest BCUT2D eigenvalue weighted by atomic mass is 10.1. The van der Waals surface area contributed by atoms with E-state index >= 15 is 0 Å². The molecule has 0 radical (unpaired) electrons. The van der Waals surface area contributed by atoms with E-state index < -0.39 is 0 Å². The van der Waals surface area contributed by atoms with E-state index in [1.54, 1.807) is 18.3 Å². The van der Waals surface area contributed by atoms with Crippen molar-refractivity contribution in [3.63, 3.8) is 0 Å². The van der Waals surface area contributed by atoms with Gasteiger partial charge in [-0.3, -0.25) is 4.79 Å². The van der Waals surface area contributed by atoms with E-state index in [-0.39, 0.29) is 12.0 Å². The molecule has 1 aliphatic heterocycles. The summed E-state index contributed by atoms with van der Waals surface area (Å²) < 4.78 is 5.80. The van der Waals surface area contributed by atoms with Crippen LogP contribution < -0.4 is 4.74 Å².